The van der Waals surface area contributed by atoms with Crippen LogP contribution in [0.2, 0.25) is 0 Å². The highest BCUT2D eigenvalue weighted by Crippen LogP contribution is 2.34. The van der Waals surface area contributed by atoms with E-state index in [4.69, 9.17) is 9.57 Å². The molecule has 1 saturated heterocycles. The maximum absolute atomic E-state index is 12.1. The first kappa shape index (κ1) is 15.9. The number of nitrogens with one attached hydrogen (secondary N) is 1. The first-order chi connectivity index (χ1) is 10.9. The second-order valence-corrected chi connectivity index (χ2v) is 7.16. The zero-order valence-electron chi connectivity index (χ0n) is 14.0. The van der Waals surface area contributed by atoms with Crippen LogP contribution in [0.5, 0.6) is 0 Å². The second-order valence-electron chi connectivity index (χ2n) is 7.16. The van der Waals surface area contributed by atoms with E-state index >= 15 is 0 Å². The van der Waals surface area contributed by atoms with Gasteiger partial charge in [0, 0.05) is 25.9 Å². The van der Waals surface area contributed by atoms with Crippen LogP contribution in [-0.4, -0.2) is 35.3 Å². The monoisotopic (exact) mass is 316 g/mol. The van der Waals surface area contributed by atoms with Crippen LogP contribution in [0.3, 0.4) is 0 Å². The molecule has 1 N–H and O–H groups in total. The average Bonchev–Trinajstić information content (AvgIpc) is 2.91. The predicted molar refractivity (Wildman–Crippen MR) is 88.4 cm³/mol. The van der Waals surface area contributed by atoms with Crippen molar-refractivity contribution in [3.05, 3.63) is 42.0 Å². The van der Waals surface area contributed by atoms with Crippen LogP contribution >= 0.6 is 0 Å². The lowest BCUT2D eigenvalue weighted by Crippen LogP contribution is -2.48. The van der Waals surface area contributed by atoms with Crippen molar-refractivity contribution in [3.8, 4) is 0 Å². The van der Waals surface area contributed by atoms with E-state index in [9.17, 15) is 4.79 Å². The summed E-state index contributed by atoms with van der Waals surface area (Å²) in [5, 5.41) is 0. The van der Waals surface area contributed by atoms with Gasteiger partial charge in [0.2, 0.25) is 0 Å². The number of hydrogen-bond donors (Lipinski definition) is 1. The number of hydroxylamine groups is 1. The molecule has 0 atom stereocenters. The number of ether oxygens (including phenoxy) is 1. The molecule has 23 heavy (non-hydrogen) atoms. The van der Waals surface area contributed by atoms with E-state index in [0.717, 1.165) is 24.1 Å². The predicted octanol–water partition coefficient (Wildman–Crippen LogP) is 3.33. The number of amides is 1. The molecule has 2 aliphatic rings. The molecule has 5 heteroatoms. The van der Waals surface area contributed by atoms with E-state index in [0.29, 0.717) is 13.1 Å². The number of carbonyl (C=O) groups is 1. The van der Waals surface area contributed by atoms with Crippen molar-refractivity contribution in [1.82, 2.24) is 10.4 Å². The summed E-state index contributed by atoms with van der Waals surface area (Å²) in [4.78, 5) is 19.7. The third-order valence-electron chi connectivity index (χ3n) is 4.12. The van der Waals surface area contributed by atoms with Gasteiger partial charge in [-0.1, -0.05) is 30.3 Å². The lowest BCUT2D eigenvalue weighted by atomic mass is 9.90. The van der Waals surface area contributed by atoms with Gasteiger partial charge in [-0.3, -0.25) is 10.3 Å². The fourth-order valence-corrected chi connectivity index (χ4v) is 2.88. The number of nitrogens with zero attached hydrogens (tertiary/aromatic N) is 1. The average molecular weight is 316 g/mol. The molecule has 0 bridgehead atoms. The molecule has 1 aromatic rings. The molecule has 1 fully saturated rings. The Balaban J connectivity index is 1.63. The number of hydrogen-bond acceptors (Lipinski definition) is 4. The first-order valence-electron chi connectivity index (χ1n) is 8.07. The van der Waals surface area contributed by atoms with Crippen LogP contribution in [0, 0.1) is 0 Å². The summed E-state index contributed by atoms with van der Waals surface area (Å²) < 4.78 is 5.43. The van der Waals surface area contributed by atoms with Gasteiger partial charge in [0.15, 0.2) is 0 Å². The summed E-state index contributed by atoms with van der Waals surface area (Å²) in [6, 6.07) is 10.1. The molecule has 124 valence electrons. The summed E-state index contributed by atoms with van der Waals surface area (Å²) in [6.45, 7) is 6.92. The van der Waals surface area contributed by atoms with Crippen LogP contribution in [0.4, 0.5) is 4.79 Å². The quantitative estimate of drug-likeness (QED) is 0.863. The summed E-state index contributed by atoms with van der Waals surface area (Å²) in [5.41, 5.74) is 4.36. The molecule has 0 aliphatic carbocycles. The number of benzene rings is 1. The fourth-order valence-electron chi connectivity index (χ4n) is 2.88. The minimum atomic E-state index is -0.460. The molecular formula is C18H24N2O3. The summed E-state index contributed by atoms with van der Waals surface area (Å²) in [6.07, 6.45) is 3.42. The van der Waals surface area contributed by atoms with Crippen molar-refractivity contribution >= 4 is 11.8 Å². The van der Waals surface area contributed by atoms with E-state index in [1.54, 1.807) is 4.90 Å². The number of rotatable bonds is 1. The molecule has 1 aromatic carbocycles. The molecule has 3 rings (SSSR count). The van der Waals surface area contributed by atoms with Gasteiger partial charge in [-0.2, -0.15) is 0 Å². The third kappa shape index (κ3) is 3.67. The zero-order valence-corrected chi connectivity index (χ0v) is 14.0. The SMILES string of the molecule is CC(C)(C)OC(=O)N1CCC2(C=C(c3ccccc3)NO2)CC1. The fraction of sp³-hybridized carbons (Fsp3) is 0.500. The Morgan fingerprint density at radius 1 is 1.22 bits per heavy atom. The smallest absolute Gasteiger partial charge is 0.410 e. The third-order valence-corrected chi connectivity index (χ3v) is 4.12. The van der Waals surface area contributed by atoms with Gasteiger partial charge in [0.25, 0.3) is 0 Å². The second kappa shape index (κ2) is 5.89. The number of piperidine rings is 1. The molecule has 0 aromatic heterocycles. The lowest BCUT2D eigenvalue weighted by molar-refractivity contribution is -0.0708. The Labute approximate surface area is 137 Å². The van der Waals surface area contributed by atoms with Gasteiger partial charge in [-0.25, -0.2) is 4.79 Å². The van der Waals surface area contributed by atoms with Crippen molar-refractivity contribution in [2.75, 3.05) is 13.1 Å². The van der Waals surface area contributed by atoms with Crippen LogP contribution in [0.15, 0.2) is 36.4 Å². The number of carbonyl (C=O) groups excluding carboxylic acids is 1. The van der Waals surface area contributed by atoms with Crippen molar-refractivity contribution in [2.24, 2.45) is 0 Å². The molecule has 0 unspecified atom stereocenters. The largest absolute Gasteiger partial charge is 0.444 e. The zero-order chi connectivity index (χ0) is 16.5. The van der Waals surface area contributed by atoms with Gasteiger partial charge >= 0.3 is 6.09 Å². The van der Waals surface area contributed by atoms with Gasteiger partial charge in [-0.15, -0.1) is 0 Å². The van der Waals surface area contributed by atoms with Crippen molar-refractivity contribution in [2.45, 2.75) is 44.8 Å². The highest BCUT2D eigenvalue weighted by atomic mass is 16.7. The topological polar surface area (TPSA) is 50.8 Å². The van der Waals surface area contributed by atoms with Crippen LogP contribution in [0.1, 0.15) is 39.2 Å². The molecule has 1 spiro atoms. The number of likely N-dealkylation sites (tertiary alicyclic amines) is 1. The summed E-state index contributed by atoms with van der Waals surface area (Å²) in [5.74, 6) is 0. The van der Waals surface area contributed by atoms with Crippen molar-refractivity contribution in [1.29, 1.82) is 0 Å². The van der Waals surface area contributed by atoms with E-state index in [1.165, 1.54) is 0 Å². The Kier molecular flexibility index (Phi) is 4.06. The van der Waals surface area contributed by atoms with E-state index in [2.05, 4.69) is 23.7 Å². The Hall–Kier alpha value is -2.01. The normalized spacial score (nSPS) is 20.1. The molecule has 0 saturated carbocycles. The highest BCUT2D eigenvalue weighted by molar-refractivity contribution is 5.69. The van der Waals surface area contributed by atoms with Crippen LogP contribution in [-0.2, 0) is 9.57 Å². The maximum atomic E-state index is 12.1. The highest BCUT2D eigenvalue weighted by Gasteiger charge is 2.40. The maximum Gasteiger partial charge on any atom is 0.410 e. The minimum absolute atomic E-state index is 0.245. The van der Waals surface area contributed by atoms with Crippen molar-refractivity contribution < 1.29 is 14.4 Å². The van der Waals surface area contributed by atoms with Crippen LogP contribution in [0.25, 0.3) is 5.70 Å². The molecule has 1 amide bonds. The standard InChI is InChI=1S/C18H24N2O3/c1-17(2,3)22-16(21)20-11-9-18(10-12-20)13-15(19-23-18)14-7-5-4-6-8-14/h4-8,13,19H,9-12H2,1-3H3. The molecular weight excluding hydrogens is 292 g/mol. The van der Waals surface area contributed by atoms with Crippen LogP contribution < -0.4 is 5.48 Å². The Morgan fingerprint density at radius 3 is 2.48 bits per heavy atom. The minimum Gasteiger partial charge on any atom is -0.444 e. The van der Waals surface area contributed by atoms with E-state index < -0.39 is 5.60 Å². The van der Waals surface area contributed by atoms with Gasteiger partial charge < -0.3 is 9.64 Å². The summed E-state index contributed by atoms with van der Waals surface area (Å²) >= 11 is 0. The lowest BCUT2D eigenvalue weighted by Gasteiger charge is -2.37. The molecule has 0 radical (unpaired) electrons. The molecule has 5 nitrogen and oxygen atoms in total. The Morgan fingerprint density at radius 2 is 1.87 bits per heavy atom. The van der Waals surface area contributed by atoms with Gasteiger partial charge in [-0.05, 0) is 32.4 Å². The molecule has 2 heterocycles. The summed E-state index contributed by atoms with van der Waals surface area (Å²) in [7, 11) is 0. The van der Waals surface area contributed by atoms with Gasteiger partial charge in [0.1, 0.15) is 11.2 Å². The first-order valence-corrected chi connectivity index (χ1v) is 8.07. The van der Waals surface area contributed by atoms with Crippen molar-refractivity contribution in [3.63, 3.8) is 0 Å². The van der Waals surface area contributed by atoms with E-state index in [-0.39, 0.29) is 11.7 Å². The Bertz CT molecular complexity index is 596. The van der Waals surface area contributed by atoms with E-state index in [1.807, 2.05) is 39.0 Å². The van der Waals surface area contributed by atoms with Gasteiger partial charge in [0.05, 0.1) is 5.70 Å². The molecule has 2 aliphatic heterocycles.